The highest BCUT2D eigenvalue weighted by atomic mass is 16.6. The summed E-state index contributed by atoms with van der Waals surface area (Å²) in [7, 11) is 0. The number of hydrogen-bond acceptors (Lipinski definition) is 4. The summed E-state index contributed by atoms with van der Waals surface area (Å²) in [5.74, 6) is -0.0833. The van der Waals surface area contributed by atoms with Crippen molar-refractivity contribution in [2.24, 2.45) is 5.92 Å². The largest absolute Gasteiger partial charge is 0.463 e. The molecule has 0 aromatic heterocycles. The summed E-state index contributed by atoms with van der Waals surface area (Å²) in [4.78, 5) is 25.6. The second kappa shape index (κ2) is 8.20. The minimum absolute atomic E-state index is 0.204. The van der Waals surface area contributed by atoms with E-state index in [1.807, 2.05) is 20.8 Å². The third-order valence-corrected chi connectivity index (χ3v) is 3.51. The van der Waals surface area contributed by atoms with Crippen molar-refractivity contribution in [2.45, 2.75) is 59.5 Å². The van der Waals surface area contributed by atoms with Gasteiger partial charge in [-0.2, -0.15) is 0 Å². The van der Waals surface area contributed by atoms with E-state index in [0.29, 0.717) is 26.1 Å². The predicted molar refractivity (Wildman–Crippen MR) is 85.5 cm³/mol. The van der Waals surface area contributed by atoms with Crippen LogP contribution in [-0.2, 0) is 14.3 Å². The van der Waals surface area contributed by atoms with Crippen molar-refractivity contribution in [1.82, 2.24) is 4.90 Å². The molecule has 0 aromatic carbocycles. The van der Waals surface area contributed by atoms with Crippen molar-refractivity contribution < 1.29 is 19.1 Å². The van der Waals surface area contributed by atoms with Gasteiger partial charge in [0.25, 0.3) is 0 Å². The van der Waals surface area contributed by atoms with Crippen molar-refractivity contribution >= 4 is 12.1 Å². The van der Waals surface area contributed by atoms with Crippen LogP contribution in [0.5, 0.6) is 0 Å². The van der Waals surface area contributed by atoms with Crippen LogP contribution >= 0.6 is 0 Å². The van der Waals surface area contributed by atoms with Crippen LogP contribution in [0.4, 0.5) is 4.79 Å². The maximum atomic E-state index is 12.2. The maximum absolute atomic E-state index is 12.2. The highest BCUT2D eigenvalue weighted by Gasteiger charge is 2.30. The molecule has 0 spiro atoms. The number of piperidine rings is 1. The Hall–Kier alpha value is -1.52. The number of carbonyl (C=O) groups is 2. The zero-order valence-electron chi connectivity index (χ0n) is 14.5. The molecular weight excluding hydrogens is 282 g/mol. The summed E-state index contributed by atoms with van der Waals surface area (Å²) in [6.07, 6.45) is 3.99. The highest BCUT2D eigenvalue weighted by Crippen LogP contribution is 2.28. The van der Waals surface area contributed by atoms with Gasteiger partial charge >= 0.3 is 12.1 Å². The van der Waals surface area contributed by atoms with Crippen LogP contribution < -0.4 is 0 Å². The van der Waals surface area contributed by atoms with Gasteiger partial charge in [0.15, 0.2) is 0 Å². The maximum Gasteiger partial charge on any atom is 0.410 e. The number of amides is 1. The van der Waals surface area contributed by atoms with E-state index < -0.39 is 5.60 Å². The molecular formula is C17H29NO4. The van der Waals surface area contributed by atoms with E-state index in [2.05, 4.69) is 6.92 Å². The zero-order chi connectivity index (χ0) is 16.8. The van der Waals surface area contributed by atoms with Crippen molar-refractivity contribution in [3.63, 3.8) is 0 Å². The standard InChI is InChI=1S/C17H29NO4/c1-6-8-14-12-18(16(20)22-17(3,4)5)10-9-13(14)11-15(19)21-7-2/h11,14H,6-10,12H2,1-5H3/b13-11-. The van der Waals surface area contributed by atoms with Crippen LogP contribution in [0.2, 0.25) is 0 Å². The molecule has 1 unspecified atom stereocenters. The van der Waals surface area contributed by atoms with E-state index >= 15 is 0 Å². The first-order chi connectivity index (χ1) is 10.3. The monoisotopic (exact) mass is 311 g/mol. The summed E-state index contributed by atoms with van der Waals surface area (Å²) in [6.45, 7) is 11.1. The number of ether oxygens (including phenoxy) is 2. The molecule has 0 aromatic rings. The lowest BCUT2D eigenvalue weighted by molar-refractivity contribution is -0.137. The molecule has 126 valence electrons. The second-order valence-electron chi connectivity index (χ2n) is 6.63. The van der Waals surface area contributed by atoms with Gasteiger partial charge in [-0.25, -0.2) is 9.59 Å². The molecule has 5 nitrogen and oxygen atoms in total. The summed E-state index contributed by atoms with van der Waals surface area (Å²) < 4.78 is 10.4. The quantitative estimate of drug-likeness (QED) is 0.588. The van der Waals surface area contributed by atoms with E-state index in [-0.39, 0.29) is 18.0 Å². The molecule has 22 heavy (non-hydrogen) atoms. The molecule has 0 N–H and O–H groups in total. The van der Waals surface area contributed by atoms with E-state index in [1.165, 1.54) is 0 Å². The molecule has 0 aliphatic carbocycles. The minimum atomic E-state index is -0.488. The average molecular weight is 311 g/mol. The summed E-state index contributed by atoms with van der Waals surface area (Å²) in [5.41, 5.74) is 0.596. The smallest absolute Gasteiger partial charge is 0.410 e. The molecule has 1 fully saturated rings. The first-order valence-corrected chi connectivity index (χ1v) is 8.12. The Kier molecular flexibility index (Phi) is 6.91. The Morgan fingerprint density at radius 1 is 1.32 bits per heavy atom. The number of likely N-dealkylation sites (tertiary alicyclic amines) is 1. The van der Waals surface area contributed by atoms with Crippen molar-refractivity contribution in [3.8, 4) is 0 Å². The first-order valence-electron chi connectivity index (χ1n) is 8.12. The van der Waals surface area contributed by atoms with Crippen LogP contribution in [0.25, 0.3) is 0 Å². The van der Waals surface area contributed by atoms with Crippen molar-refractivity contribution in [3.05, 3.63) is 11.6 Å². The van der Waals surface area contributed by atoms with Crippen LogP contribution in [-0.4, -0.2) is 42.3 Å². The molecule has 0 bridgehead atoms. The molecule has 1 atom stereocenters. The normalized spacial score (nSPS) is 20.9. The van der Waals surface area contributed by atoms with E-state index in [9.17, 15) is 9.59 Å². The summed E-state index contributed by atoms with van der Waals surface area (Å²) in [5, 5.41) is 0. The van der Waals surface area contributed by atoms with Gasteiger partial charge in [-0.1, -0.05) is 18.9 Å². The average Bonchev–Trinajstić information content (AvgIpc) is 2.39. The minimum Gasteiger partial charge on any atom is -0.463 e. The molecule has 1 amide bonds. The molecule has 1 heterocycles. The fraction of sp³-hybridized carbons (Fsp3) is 0.765. The first kappa shape index (κ1) is 18.5. The molecule has 5 heteroatoms. The lowest BCUT2D eigenvalue weighted by Gasteiger charge is -2.35. The topological polar surface area (TPSA) is 55.8 Å². The van der Waals surface area contributed by atoms with Crippen LogP contribution in [0, 0.1) is 5.92 Å². The zero-order valence-corrected chi connectivity index (χ0v) is 14.5. The van der Waals surface area contributed by atoms with E-state index in [4.69, 9.17) is 9.47 Å². The molecule has 1 aliphatic rings. The molecule has 1 saturated heterocycles. The third-order valence-electron chi connectivity index (χ3n) is 3.51. The lowest BCUT2D eigenvalue weighted by Crippen LogP contribution is -2.43. The van der Waals surface area contributed by atoms with E-state index in [0.717, 1.165) is 18.4 Å². The Morgan fingerprint density at radius 3 is 2.55 bits per heavy atom. The van der Waals surface area contributed by atoms with E-state index in [1.54, 1.807) is 17.9 Å². The fourth-order valence-corrected chi connectivity index (χ4v) is 2.59. The van der Waals surface area contributed by atoms with Gasteiger partial charge in [0.1, 0.15) is 5.60 Å². The molecule has 0 saturated carbocycles. The number of hydrogen-bond donors (Lipinski definition) is 0. The summed E-state index contributed by atoms with van der Waals surface area (Å²) in [6, 6.07) is 0. The SMILES string of the molecule is CCCC1CN(C(=O)OC(C)(C)C)CC/C1=C/C(=O)OCC. The number of nitrogens with zero attached hydrogens (tertiary/aromatic N) is 1. The van der Waals surface area contributed by atoms with Gasteiger partial charge < -0.3 is 14.4 Å². The van der Waals surface area contributed by atoms with Crippen molar-refractivity contribution in [1.29, 1.82) is 0 Å². The van der Waals surface area contributed by atoms with Gasteiger partial charge in [0, 0.05) is 19.2 Å². The Morgan fingerprint density at radius 2 is 2.00 bits per heavy atom. The number of carbonyl (C=O) groups excluding carboxylic acids is 2. The van der Waals surface area contributed by atoms with Gasteiger partial charge in [-0.3, -0.25) is 0 Å². The van der Waals surface area contributed by atoms with Crippen molar-refractivity contribution in [2.75, 3.05) is 19.7 Å². The molecule has 1 rings (SSSR count). The fourth-order valence-electron chi connectivity index (χ4n) is 2.59. The van der Waals surface area contributed by atoms with Crippen LogP contribution in [0.15, 0.2) is 11.6 Å². The highest BCUT2D eigenvalue weighted by molar-refractivity contribution is 5.83. The number of esters is 1. The van der Waals surface area contributed by atoms with Crippen LogP contribution in [0.3, 0.4) is 0 Å². The third kappa shape index (κ3) is 6.08. The molecule has 0 radical (unpaired) electrons. The van der Waals surface area contributed by atoms with Gasteiger partial charge in [0.05, 0.1) is 6.61 Å². The number of rotatable bonds is 4. The Balaban J connectivity index is 2.74. The van der Waals surface area contributed by atoms with Gasteiger partial charge in [0.2, 0.25) is 0 Å². The summed E-state index contributed by atoms with van der Waals surface area (Å²) >= 11 is 0. The lowest BCUT2D eigenvalue weighted by atomic mass is 9.88. The molecule has 1 aliphatic heterocycles. The second-order valence-corrected chi connectivity index (χ2v) is 6.63. The van der Waals surface area contributed by atoms with Crippen LogP contribution in [0.1, 0.15) is 53.9 Å². The van der Waals surface area contributed by atoms with Gasteiger partial charge in [-0.15, -0.1) is 0 Å². The Labute approximate surface area is 133 Å². The Bertz CT molecular complexity index is 423. The van der Waals surface area contributed by atoms with Gasteiger partial charge in [-0.05, 0) is 46.5 Å². The predicted octanol–water partition coefficient (Wildman–Crippen LogP) is 3.53.